The topological polar surface area (TPSA) is 61.8 Å². The van der Waals surface area contributed by atoms with Crippen LogP contribution in [0.5, 0.6) is 5.75 Å². The number of nitrogens with one attached hydrogen (secondary N) is 2. The lowest BCUT2D eigenvalue weighted by atomic mass is 10.1. The minimum Gasteiger partial charge on any atom is -0.496 e. The first kappa shape index (κ1) is 23.3. The fourth-order valence-electron chi connectivity index (χ4n) is 3.51. The summed E-state index contributed by atoms with van der Waals surface area (Å²) in [4.78, 5) is 11.2. The number of aryl methyl sites for hydroxylation is 1. The number of pyridine rings is 1. The Hall–Kier alpha value is -2.03. The highest BCUT2D eigenvalue weighted by molar-refractivity contribution is 14.0. The molecule has 0 radical (unpaired) electrons. The highest BCUT2D eigenvalue weighted by atomic mass is 127. The zero-order valence-corrected chi connectivity index (χ0v) is 19.9. The first-order valence-corrected chi connectivity index (χ1v) is 9.97. The van der Waals surface area contributed by atoms with Gasteiger partial charge in [-0.05, 0) is 55.5 Å². The van der Waals surface area contributed by atoms with E-state index in [2.05, 4.69) is 56.7 Å². The van der Waals surface area contributed by atoms with Gasteiger partial charge in [0.15, 0.2) is 5.96 Å². The number of hydrogen-bond donors (Lipinski definition) is 2. The summed E-state index contributed by atoms with van der Waals surface area (Å²) in [5.74, 6) is 2.80. The van der Waals surface area contributed by atoms with E-state index in [1.54, 1.807) is 14.2 Å². The fraction of sp³-hybridized carbons (Fsp3) is 0.455. The van der Waals surface area contributed by atoms with Crippen molar-refractivity contribution in [3.8, 4) is 5.75 Å². The Morgan fingerprint density at radius 3 is 2.69 bits per heavy atom. The Bertz CT molecular complexity index is 806. The van der Waals surface area contributed by atoms with Gasteiger partial charge in [0.2, 0.25) is 0 Å². The van der Waals surface area contributed by atoms with Crippen LogP contribution in [0.2, 0.25) is 0 Å². The number of benzene rings is 1. The van der Waals surface area contributed by atoms with Crippen LogP contribution in [-0.4, -0.2) is 44.7 Å². The predicted octanol–water partition coefficient (Wildman–Crippen LogP) is 3.52. The maximum Gasteiger partial charge on any atom is 0.191 e. The minimum atomic E-state index is 0. The molecule has 29 heavy (non-hydrogen) atoms. The molecule has 0 aliphatic carbocycles. The normalized spacial score (nSPS) is 13.8. The van der Waals surface area contributed by atoms with Crippen LogP contribution in [-0.2, 0) is 13.0 Å². The Morgan fingerprint density at radius 1 is 1.17 bits per heavy atom. The molecule has 1 aliphatic rings. The molecule has 0 bridgehead atoms. The highest BCUT2D eigenvalue weighted by Gasteiger charge is 2.13. The summed E-state index contributed by atoms with van der Waals surface area (Å²) < 4.78 is 5.46. The third-order valence-corrected chi connectivity index (χ3v) is 5.05. The molecular weight excluding hydrogens is 477 g/mol. The van der Waals surface area contributed by atoms with Crippen LogP contribution in [0.1, 0.15) is 29.5 Å². The van der Waals surface area contributed by atoms with Crippen LogP contribution in [0, 0.1) is 6.92 Å². The van der Waals surface area contributed by atoms with Gasteiger partial charge in [0, 0.05) is 39.4 Å². The van der Waals surface area contributed by atoms with E-state index in [0.29, 0.717) is 0 Å². The van der Waals surface area contributed by atoms with E-state index in [9.17, 15) is 0 Å². The Balaban J connectivity index is 0.00000300. The average molecular weight is 509 g/mol. The molecule has 0 saturated carbocycles. The number of hydrogen-bond acceptors (Lipinski definition) is 4. The summed E-state index contributed by atoms with van der Waals surface area (Å²) in [6.45, 7) is 5.82. The van der Waals surface area contributed by atoms with E-state index in [0.717, 1.165) is 50.1 Å². The summed E-state index contributed by atoms with van der Waals surface area (Å²) in [5, 5.41) is 6.78. The lowest BCUT2D eigenvalue weighted by Crippen LogP contribution is -2.37. The maximum atomic E-state index is 5.46. The number of methoxy groups -OCH3 is 1. The van der Waals surface area contributed by atoms with Gasteiger partial charge in [0.1, 0.15) is 11.6 Å². The molecule has 2 N–H and O–H groups in total. The van der Waals surface area contributed by atoms with Gasteiger partial charge in [-0.15, -0.1) is 24.0 Å². The van der Waals surface area contributed by atoms with Gasteiger partial charge in [-0.2, -0.15) is 0 Å². The van der Waals surface area contributed by atoms with Gasteiger partial charge < -0.3 is 20.3 Å². The third-order valence-electron chi connectivity index (χ3n) is 5.05. The largest absolute Gasteiger partial charge is 0.496 e. The number of nitrogens with zero attached hydrogens (tertiary/aromatic N) is 3. The molecule has 1 fully saturated rings. The molecule has 6 nitrogen and oxygen atoms in total. The highest BCUT2D eigenvalue weighted by Crippen LogP contribution is 2.20. The summed E-state index contributed by atoms with van der Waals surface area (Å²) in [6, 6.07) is 10.5. The molecule has 1 saturated heterocycles. The van der Waals surface area contributed by atoms with Crippen LogP contribution in [0.4, 0.5) is 5.82 Å². The smallest absolute Gasteiger partial charge is 0.191 e. The van der Waals surface area contributed by atoms with Crippen molar-refractivity contribution in [1.29, 1.82) is 0 Å². The molecule has 1 aliphatic heterocycles. The molecule has 3 rings (SSSR count). The lowest BCUT2D eigenvalue weighted by Gasteiger charge is -2.17. The number of aliphatic imine (C=N–C) groups is 1. The standard InChI is InChI=1S/C22H31N5O.HI/c1-17-6-7-20(28-3)19(14-17)9-11-25-22(23-2)26-16-18-8-10-24-21(15-18)27-12-4-5-13-27;/h6-8,10,14-15H,4-5,9,11-13,16H2,1-3H3,(H2,23,25,26);1H. The molecule has 1 aromatic heterocycles. The molecule has 158 valence electrons. The van der Waals surface area contributed by atoms with Crippen LogP contribution < -0.4 is 20.3 Å². The average Bonchev–Trinajstić information content (AvgIpc) is 3.26. The summed E-state index contributed by atoms with van der Waals surface area (Å²) in [6.07, 6.45) is 5.28. The quantitative estimate of drug-likeness (QED) is 0.340. The maximum absolute atomic E-state index is 5.46. The Labute approximate surface area is 191 Å². The summed E-state index contributed by atoms with van der Waals surface area (Å²) in [7, 11) is 3.51. The molecule has 7 heteroatoms. The number of guanidine groups is 1. The molecular formula is C22H32IN5O. The van der Waals surface area contributed by atoms with Crippen molar-refractivity contribution < 1.29 is 4.74 Å². The van der Waals surface area contributed by atoms with Gasteiger partial charge in [0.25, 0.3) is 0 Å². The zero-order chi connectivity index (χ0) is 19.8. The van der Waals surface area contributed by atoms with Gasteiger partial charge in [-0.1, -0.05) is 17.7 Å². The van der Waals surface area contributed by atoms with E-state index in [-0.39, 0.29) is 24.0 Å². The second-order valence-electron chi connectivity index (χ2n) is 7.13. The van der Waals surface area contributed by atoms with Crippen molar-refractivity contribution >= 4 is 35.8 Å². The van der Waals surface area contributed by atoms with Crippen molar-refractivity contribution in [2.75, 3.05) is 38.7 Å². The molecule has 0 spiro atoms. The number of anilines is 1. The Morgan fingerprint density at radius 2 is 1.97 bits per heavy atom. The van der Waals surface area contributed by atoms with Crippen LogP contribution in [0.15, 0.2) is 41.5 Å². The molecule has 0 unspecified atom stereocenters. The fourth-order valence-corrected chi connectivity index (χ4v) is 3.51. The van der Waals surface area contributed by atoms with Gasteiger partial charge in [0.05, 0.1) is 7.11 Å². The van der Waals surface area contributed by atoms with Crippen molar-refractivity contribution in [2.45, 2.75) is 32.7 Å². The number of rotatable bonds is 7. The molecule has 0 atom stereocenters. The number of aromatic nitrogens is 1. The number of ether oxygens (including phenoxy) is 1. The minimum absolute atomic E-state index is 0. The zero-order valence-electron chi connectivity index (χ0n) is 17.6. The van der Waals surface area contributed by atoms with E-state index in [1.165, 1.54) is 29.5 Å². The summed E-state index contributed by atoms with van der Waals surface area (Å²) in [5.41, 5.74) is 3.65. The predicted molar refractivity (Wildman–Crippen MR) is 131 cm³/mol. The van der Waals surface area contributed by atoms with E-state index in [4.69, 9.17) is 4.74 Å². The second kappa shape index (κ2) is 11.8. The lowest BCUT2D eigenvalue weighted by molar-refractivity contribution is 0.409. The number of halogens is 1. The van der Waals surface area contributed by atoms with Crippen molar-refractivity contribution in [2.24, 2.45) is 4.99 Å². The summed E-state index contributed by atoms with van der Waals surface area (Å²) >= 11 is 0. The van der Waals surface area contributed by atoms with Crippen LogP contribution in [0.3, 0.4) is 0 Å². The van der Waals surface area contributed by atoms with Crippen LogP contribution >= 0.6 is 24.0 Å². The van der Waals surface area contributed by atoms with Crippen molar-refractivity contribution in [1.82, 2.24) is 15.6 Å². The first-order chi connectivity index (χ1) is 13.7. The third kappa shape index (κ3) is 6.76. The molecule has 2 aromatic rings. The SMILES string of the molecule is CN=C(NCCc1cc(C)ccc1OC)NCc1ccnc(N2CCCC2)c1.I. The van der Waals surface area contributed by atoms with E-state index in [1.807, 2.05) is 12.3 Å². The van der Waals surface area contributed by atoms with E-state index < -0.39 is 0 Å². The first-order valence-electron chi connectivity index (χ1n) is 9.97. The molecule has 0 amide bonds. The molecule has 2 heterocycles. The van der Waals surface area contributed by atoms with Gasteiger partial charge in [-0.25, -0.2) is 4.98 Å². The van der Waals surface area contributed by atoms with Crippen molar-refractivity contribution in [3.63, 3.8) is 0 Å². The van der Waals surface area contributed by atoms with E-state index >= 15 is 0 Å². The van der Waals surface area contributed by atoms with Crippen molar-refractivity contribution in [3.05, 3.63) is 53.2 Å². The van der Waals surface area contributed by atoms with Gasteiger partial charge >= 0.3 is 0 Å². The molecule has 1 aromatic carbocycles. The second-order valence-corrected chi connectivity index (χ2v) is 7.13. The van der Waals surface area contributed by atoms with Gasteiger partial charge in [-0.3, -0.25) is 4.99 Å². The Kier molecular flexibility index (Phi) is 9.50. The van der Waals surface area contributed by atoms with Crippen LogP contribution in [0.25, 0.3) is 0 Å². The monoisotopic (exact) mass is 509 g/mol.